The van der Waals surface area contributed by atoms with Crippen LogP contribution >= 0.6 is 11.3 Å². The lowest BCUT2D eigenvalue weighted by Gasteiger charge is -2.18. The molecule has 0 spiro atoms. The predicted molar refractivity (Wildman–Crippen MR) is 105 cm³/mol. The summed E-state index contributed by atoms with van der Waals surface area (Å²) in [6, 6.07) is 2.00. The number of aryl methyl sites for hydroxylation is 3. The van der Waals surface area contributed by atoms with Gasteiger partial charge >= 0.3 is 0 Å². The van der Waals surface area contributed by atoms with E-state index in [-0.39, 0.29) is 11.8 Å². The van der Waals surface area contributed by atoms with E-state index in [1.165, 1.54) is 4.88 Å². The van der Waals surface area contributed by atoms with Crippen molar-refractivity contribution < 1.29 is 4.79 Å². The second-order valence-corrected chi connectivity index (χ2v) is 8.64. The number of rotatable bonds is 5. The average Bonchev–Trinajstić information content (AvgIpc) is 3.14. The summed E-state index contributed by atoms with van der Waals surface area (Å²) in [4.78, 5) is 29.1. The van der Waals surface area contributed by atoms with Gasteiger partial charge in [-0.1, -0.05) is 13.8 Å². The molecular weight excluding hydrogens is 346 g/mol. The molecule has 1 N–H and O–H groups in total. The fraction of sp³-hybridized carbons (Fsp3) is 0.579. The maximum atomic E-state index is 12.3. The van der Waals surface area contributed by atoms with E-state index in [1.54, 1.807) is 11.3 Å². The number of anilines is 2. The molecule has 1 atom stereocenters. The molecule has 1 aliphatic rings. The second-order valence-electron chi connectivity index (χ2n) is 7.43. The summed E-state index contributed by atoms with van der Waals surface area (Å²) in [5.41, 5.74) is 2.04. The first kappa shape index (κ1) is 18.8. The van der Waals surface area contributed by atoms with E-state index in [4.69, 9.17) is 0 Å². The largest absolute Gasteiger partial charge is 0.342 e. The van der Waals surface area contributed by atoms with Crippen LogP contribution in [0.25, 0.3) is 0 Å². The number of carbonyl (C=O) groups excluding carboxylic acids is 1. The summed E-state index contributed by atoms with van der Waals surface area (Å²) in [6.45, 7) is 11.7. The Morgan fingerprint density at radius 3 is 2.73 bits per heavy atom. The molecule has 3 rings (SSSR count). The van der Waals surface area contributed by atoms with Crippen molar-refractivity contribution in [2.24, 2.45) is 5.92 Å². The van der Waals surface area contributed by atoms with E-state index in [9.17, 15) is 4.79 Å². The second kappa shape index (κ2) is 7.70. The zero-order chi connectivity index (χ0) is 18.8. The number of nitrogens with one attached hydrogen (secondary N) is 1. The van der Waals surface area contributed by atoms with Crippen LogP contribution in [0.5, 0.6) is 0 Å². The quantitative estimate of drug-likeness (QED) is 0.859. The lowest BCUT2D eigenvalue weighted by Crippen LogP contribution is -2.29. The number of carbonyl (C=O) groups is 1. The summed E-state index contributed by atoms with van der Waals surface area (Å²) < 4.78 is 0. The maximum Gasteiger partial charge on any atom is 0.222 e. The number of likely N-dealkylation sites (tertiary alicyclic amines) is 1. The molecule has 1 saturated heterocycles. The van der Waals surface area contributed by atoms with Gasteiger partial charge in [-0.15, -0.1) is 11.3 Å². The molecule has 26 heavy (non-hydrogen) atoms. The van der Waals surface area contributed by atoms with Crippen LogP contribution in [0.3, 0.4) is 0 Å². The van der Waals surface area contributed by atoms with E-state index < -0.39 is 0 Å². The van der Waals surface area contributed by atoms with Crippen molar-refractivity contribution in [3.05, 3.63) is 28.2 Å². The molecule has 7 heteroatoms. The van der Waals surface area contributed by atoms with Crippen molar-refractivity contribution in [1.82, 2.24) is 19.9 Å². The highest BCUT2D eigenvalue weighted by atomic mass is 32.1. The zero-order valence-electron chi connectivity index (χ0n) is 16.2. The van der Waals surface area contributed by atoms with Gasteiger partial charge in [0, 0.05) is 36.4 Å². The first-order valence-corrected chi connectivity index (χ1v) is 9.98. The SMILES string of the molecule is Cc1nc(Nc2nc(C)c(C)s2)cc([C@@H]2CCN(C(=O)CC(C)C)C2)n1. The molecule has 6 nitrogen and oxygen atoms in total. The van der Waals surface area contributed by atoms with Gasteiger partial charge in [0.15, 0.2) is 5.13 Å². The smallest absolute Gasteiger partial charge is 0.222 e. The summed E-state index contributed by atoms with van der Waals surface area (Å²) in [5, 5.41) is 4.16. The van der Waals surface area contributed by atoms with Crippen molar-refractivity contribution in [1.29, 1.82) is 0 Å². The van der Waals surface area contributed by atoms with Gasteiger partial charge in [0.05, 0.1) is 11.4 Å². The van der Waals surface area contributed by atoms with E-state index in [0.29, 0.717) is 12.3 Å². The highest BCUT2D eigenvalue weighted by molar-refractivity contribution is 7.15. The van der Waals surface area contributed by atoms with Gasteiger partial charge in [0.2, 0.25) is 5.91 Å². The molecule has 3 heterocycles. The molecule has 2 aromatic heterocycles. The Morgan fingerprint density at radius 1 is 1.31 bits per heavy atom. The monoisotopic (exact) mass is 373 g/mol. The van der Waals surface area contributed by atoms with Crippen molar-refractivity contribution in [2.75, 3.05) is 18.4 Å². The normalized spacial score (nSPS) is 17.2. The van der Waals surface area contributed by atoms with Crippen LogP contribution in [0.4, 0.5) is 10.9 Å². The number of hydrogen-bond donors (Lipinski definition) is 1. The predicted octanol–water partition coefficient (Wildman–Crippen LogP) is 3.96. The van der Waals surface area contributed by atoms with E-state index >= 15 is 0 Å². The Bertz CT molecular complexity index is 782. The first-order valence-electron chi connectivity index (χ1n) is 9.16. The van der Waals surface area contributed by atoms with Crippen LogP contribution in [0.2, 0.25) is 0 Å². The number of aromatic nitrogens is 3. The minimum Gasteiger partial charge on any atom is -0.342 e. The number of nitrogens with zero attached hydrogens (tertiary/aromatic N) is 4. The van der Waals surface area contributed by atoms with Crippen molar-refractivity contribution in [2.45, 2.75) is 53.4 Å². The molecule has 2 aromatic rings. The van der Waals surface area contributed by atoms with E-state index in [0.717, 1.165) is 47.7 Å². The fourth-order valence-electron chi connectivity index (χ4n) is 3.21. The Morgan fingerprint density at radius 2 is 2.08 bits per heavy atom. The van der Waals surface area contributed by atoms with Crippen LogP contribution in [0.1, 0.15) is 54.7 Å². The maximum absolute atomic E-state index is 12.3. The van der Waals surface area contributed by atoms with Gasteiger partial charge in [-0.05, 0) is 33.1 Å². The summed E-state index contributed by atoms with van der Waals surface area (Å²) in [5.74, 6) is 2.42. The number of amides is 1. The minimum absolute atomic E-state index is 0.250. The standard InChI is InChI=1S/C19H27N5OS/c1-11(2)8-18(25)24-7-6-15(10-24)16-9-17(22-14(5)21-16)23-19-20-12(3)13(4)26-19/h9,11,15H,6-8,10H2,1-5H3,(H,20,21,22,23)/t15-/m1/s1. The topological polar surface area (TPSA) is 71.0 Å². The molecule has 0 aliphatic carbocycles. The molecule has 0 aromatic carbocycles. The highest BCUT2D eigenvalue weighted by Gasteiger charge is 2.28. The third kappa shape index (κ3) is 4.38. The Balaban J connectivity index is 1.73. The zero-order valence-corrected chi connectivity index (χ0v) is 17.0. The van der Waals surface area contributed by atoms with E-state index in [1.807, 2.05) is 24.8 Å². The third-order valence-corrected chi connectivity index (χ3v) is 5.65. The molecule has 1 fully saturated rings. The van der Waals surface area contributed by atoms with Gasteiger partial charge in [-0.3, -0.25) is 4.79 Å². The fourth-order valence-corrected chi connectivity index (χ4v) is 4.03. The van der Waals surface area contributed by atoms with Gasteiger partial charge in [-0.2, -0.15) is 0 Å². The third-order valence-electron chi connectivity index (χ3n) is 4.66. The highest BCUT2D eigenvalue weighted by Crippen LogP contribution is 2.29. The first-order chi connectivity index (χ1) is 12.3. The molecule has 1 amide bonds. The van der Waals surface area contributed by atoms with Crippen LogP contribution < -0.4 is 5.32 Å². The van der Waals surface area contributed by atoms with E-state index in [2.05, 4.69) is 41.0 Å². The van der Waals surface area contributed by atoms with Crippen LogP contribution in [0, 0.1) is 26.7 Å². The minimum atomic E-state index is 0.250. The summed E-state index contributed by atoms with van der Waals surface area (Å²) in [7, 11) is 0. The van der Waals surface area contributed by atoms with Crippen LogP contribution in [-0.2, 0) is 4.79 Å². The Labute approximate surface area is 159 Å². The van der Waals surface area contributed by atoms with Crippen molar-refractivity contribution in [3.63, 3.8) is 0 Å². The van der Waals surface area contributed by atoms with Crippen molar-refractivity contribution in [3.8, 4) is 0 Å². The van der Waals surface area contributed by atoms with Crippen LogP contribution in [-0.4, -0.2) is 38.8 Å². The van der Waals surface area contributed by atoms with Gasteiger partial charge < -0.3 is 10.2 Å². The molecule has 0 unspecified atom stereocenters. The number of thiazole rings is 1. The Hall–Kier alpha value is -2.02. The van der Waals surface area contributed by atoms with Crippen LogP contribution in [0.15, 0.2) is 6.07 Å². The number of hydrogen-bond acceptors (Lipinski definition) is 6. The molecule has 0 saturated carbocycles. The average molecular weight is 374 g/mol. The molecule has 1 aliphatic heterocycles. The summed E-state index contributed by atoms with van der Waals surface area (Å²) in [6.07, 6.45) is 1.57. The lowest BCUT2D eigenvalue weighted by atomic mass is 10.0. The van der Waals surface area contributed by atoms with Gasteiger partial charge in [0.25, 0.3) is 0 Å². The lowest BCUT2D eigenvalue weighted by molar-refractivity contribution is -0.130. The molecule has 0 bridgehead atoms. The molecule has 0 radical (unpaired) electrons. The van der Waals surface area contributed by atoms with Gasteiger partial charge in [-0.25, -0.2) is 15.0 Å². The summed E-state index contributed by atoms with van der Waals surface area (Å²) >= 11 is 1.63. The Kier molecular flexibility index (Phi) is 5.55. The van der Waals surface area contributed by atoms with Gasteiger partial charge in [0.1, 0.15) is 11.6 Å². The molecular formula is C19H27N5OS. The molecule has 140 valence electrons. The van der Waals surface area contributed by atoms with Crippen molar-refractivity contribution >= 4 is 28.2 Å².